The number of hydrogen-bond acceptors (Lipinski definition) is 4. The summed E-state index contributed by atoms with van der Waals surface area (Å²) in [5, 5.41) is 0. The van der Waals surface area contributed by atoms with Crippen LogP contribution in [0.5, 0.6) is 5.75 Å². The molecule has 0 atom stereocenters. The highest BCUT2D eigenvalue weighted by Crippen LogP contribution is 2.41. The van der Waals surface area contributed by atoms with Crippen molar-refractivity contribution in [3.63, 3.8) is 0 Å². The maximum Gasteiger partial charge on any atom is 0.265 e. The molecule has 0 aliphatic heterocycles. The third-order valence-corrected chi connectivity index (χ3v) is 7.60. The number of aromatic nitrogens is 1. The molecule has 0 unspecified atom stereocenters. The Hall–Kier alpha value is -2.57. The van der Waals surface area contributed by atoms with Gasteiger partial charge in [0.05, 0.1) is 21.8 Å². The number of hydrogen-bond donors (Lipinski definition) is 0. The van der Waals surface area contributed by atoms with E-state index in [1.807, 2.05) is 31.3 Å². The molecule has 0 saturated heterocycles. The Morgan fingerprint density at radius 2 is 1.61 bits per heavy atom. The van der Waals surface area contributed by atoms with Gasteiger partial charge in [0, 0.05) is 36.3 Å². The van der Waals surface area contributed by atoms with Crippen LogP contribution in [-0.2, 0) is 7.05 Å². The number of thiophene rings is 1. The molecule has 2 aromatic heterocycles. The molecule has 0 spiro atoms. The predicted molar refractivity (Wildman–Crippen MR) is 136 cm³/mol. The Labute approximate surface area is 194 Å². The van der Waals surface area contributed by atoms with Crippen LogP contribution in [0.25, 0.3) is 31.8 Å². The largest absolute Gasteiger partial charge is 0.497 e. The Bertz CT molecular complexity index is 1270. The van der Waals surface area contributed by atoms with Crippen molar-refractivity contribution < 1.29 is 4.74 Å². The monoisotopic (exact) mass is 496 g/mol. The highest BCUT2D eigenvalue weighted by atomic mass is 79.9. The lowest BCUT2D eigenvalue weighted by Gasteiger charge is -2.21. The second-order valence-electron chi connectivity index (χ2n) is 7.33. The summed E-state index contributed by atoms with van der Waals surface area (Å²) in [6, 6.07) is 18.6. The van der Waals surface area contributed by atoms with Crippen LogP contribution in [0.3, 0.4) is 0 Å². The standard InChI is InChI=1S/C25H25BrN2O2S/c1-5-28(6-2)18-11-7-16(8-12-18)21-15-20-24(31-21)22(23(26)25(29)27(20)3)17-9-13-19(30-4)14-10-17/h7-15H,5-6H2,1-4H3. The minimum Gasteiger partial charge on any atom is -0.497 e. The fourth-order valence-corrected chi connectivity index (χ4v) is 5.95. The smallest absolute Gasteiger partial charge is 0.265 e. The van der Waals surface area contributed by atoms with E-state index in [1.165, 1.54) is 5.69 Å². The zero-order valence-corrected chi connectivity index (χ0v) is 20.5. The molecule has 0 N–H and O–H groups in total. The Morgan fingerprint density at radius 3 is 2.19 bits per heavy atom. The average molecular weight is 497 g/mol. The van der Waals surface area contributed by atoms with E-state index >= 15 is 0 Å². The van der Waals surface area contributed by atoms with Gasteiger partial charge in [0.25, 0.3) is 5.56 Å². The Balaban J connectivity index is 1.87. The van der Waals surface area contributed by atoms with Crippen molar-refractivity contribution in [1.29, 1.82) is 0 Å². The van der Waals surface area contributed by atoms with Crippen LogP contribution >= 0.6 is 27.3 Å². The average Bonchev–Trinajstić information content (AvgIpc) is 3.24. The van der Waals surface area contributed by atoms with Crippen LogP contribution in [0.2, 0.25) is 0 Å². The second-order valence-corrected chi connectivity index (χ2v) is 9.17. The number of aryl methyl sites for hydroxylation is 1. The van der Waals surface area contributed by atoms with E-state index in [1.54, 1.807) is 23.0 Å². The van der Waals surface area contributed by atoms with Crippen molar-refractivity contribution in [3.8, 4) is 27.3 Å². The molecule has 0 amide bonds. The molecule has 4 nitrogen and oxygen atoms in total. The predicted octanol–water partition coefficient (Wildman–Crippen LogP) is 6.55. The van der Waals surface area contributed by atoms with E-state index in [4.69, 9.17) is 4.74 Å². The molecule has 160 valence electrons. The SMILES string of the molecule is CCN(CC)c1ccc(-c2cc3c(s2)c(-c2ccc(OC)cc2)c(Br)c(=O)n3C)cc1. The molecular weight excluding hydrogens is 472 g/mol. The third-order valence-electron chi connectivity index (χ3n) is 5.67. The molecule has 2 aromatic carbocycles. The number of ether oxygens (including phenoxy) is 1. The number of halogens is 1. The topological polar surface area (TPSA) is 34.5 Å². The van der Waals surface area contributed by atoms with E-state index in [-0.39, 0.29) is 5.56 Å². The molecule has 0 aliphatic rings. The van der Waals surface area contributed by atoms with Gasteiger partial charge in [0.1, 0.15) is 5.75 Å². The maximum absolute atomic E-state index is 12.9. The summed E-state index contributed by atoms with van der Waals surface area (Å²) >= 11 is 5.28. The highest BCUT2D eigenvalue weighted by Gasteiger charge is 2.18. The molecular formula is C25H25BrN2O2S. The molecule has 2 heterocycles. The maximum atomic E-state index is 12.9. The van der Waals surface area contributed by atoms with Gasteiger partial charge in [-0.25, -0.2) is 0 Å². The van der Waals surface area contributed by atoms with E-state index < -0.39 is 0 Å². The summed E-state index contributed by atoms with van der Waals surface area (Å²) in [4.78, 5) is 16.4. The molecule has 0 aliphatic carbocycles. The summed E-state index contributed by atoms with van der Waals surface area (Å²) in [6.07, 6.45) is 0. The number of nitrogens with zero attached hydrogens (tertiary/aromatic N) is 2. The number of rotatable bonds is 6. The highest BCUT2D eigenvalue weighted by molar-refractivity contribution is 9.10. The quantitative estimate of drug-likeness (QED) is 0.303. The molecule has 4 aromatic rings. The number of pyridine rings is 1. The van der Waals surface area contributed by atoms with Crippen LogP contribution in [0.15, 0.2) is 63.9 Å². The lowest BCUT2D eigenvalue weighted by Crippen LogP contribution is -2.21. The zero-order chi connectivity index (χ0) is 22.1. The first-order valence-electron chi connectivity index (χ1n) is 10.3. The summed E-state index contributed by atoms with van der Waals surface area (Å²) in [7, 11) is 3.48. The van der Waals surface area contributed by atoms with E-state index in [9.17, 15) is 4.79 Å². The third kappa shape index (κ3) is 3.90. The van der Waals surface area contributed by atoms with Crippen LogP contribution in [-0.4, -0.2) is 24.8 Å². The number of fused-ring (bicyclic) bond motifs is 1. The van der Waals surface area contributed by atoms with Gasteiger partial charge in [0.2, 0.25) is 0 Å². The van der Waals surface area contributed by atoms with Crippen LogP contribution in [0, 0.1) is 0 Å². The lowest BCUT2D eigenvalue weighted by molar-refractivity contribution is 0.415. The fourth-order valence-electron chi connectivity index (χ4n) is 3.86. The summed E-state index contributed by atoms with van der Waals surface area (Å²) in [5.74, 6) is 0.792. The fraction of sp³-hybridized carbons (Fsp3) is 0.240. The number of methoxy groups -OCH3 is 1. The molecule has 0 fully saturated rings. The van der Waals surface area contributed by atoms with E-state index in [0.29, 0.717) is 4.47 Å². The summed E-state index contributed by atoms with van der Waals surface area (Å²) in [6.45, 7) is 6.31. The zero-order valence-electron chi connectivity index (χ0n) is 18.1. The Morgan fingerprint density at radius 1 is 1.00 bits per heavy atom. The summed E-state index contributed by atoms with van der Waals surface area (Å²) in [5.41, 5.74) is 5.19. The van der Waals surface area contributed by atoms with Gasteiger partial charge in [-0.2, -0.15) is 0 Å². The van der Waals surface area contributed by atoms with E-state index in [2.05, 4.69) is 65.0 Å². The van der Waals surface area contributed by atoms with Crippen molar-refractivity contribution in [2.45, 2.75) is 13.8 Å². The van der Waals surface area contributed by atoms with Crippen molar-refractivity contribution in [1.82, 2.24) is 4.57 Å². The van der Waals surface area contributed by atoms with Crippen LogP contribution in [0.4, 0.5) is 5.69 Å². The minimum atomic E-state index is -0.0421. The van der Waals surface area contributed by atoms with Crippen molar-refractivity contribution in [3.05, 3.63) is 69.4 Å². The van der Waals surface area contributed by atoms with Gasteiger partial charge in [-0.15, -0.1) is 11.3 Å². The number of anilines is 1. The van der Waals surface area contributed by atoms with Gasteiger partial charge >= 0.3 is 0 Å². The molecule has 31 heavy (non-hydrogen) atoms. The first-order valence-corrected chi connectivity index (χ1v) is 11.9. The Kier molecular flexibility index (Phi) is 6.21. The molecule has 6 heteroatoms. The molecule has 4 rings (SSSR count). The van der Waals surface area contributed by atoms with Crippen molar-refractivity contribution in [2.75, 3.05) is 25.1 Å². The molecule has 0 saturated carbocycles. The summed E-state index contributed by atoms with van der Waals surface area (Å²) < 4.78 is 8.68. The second kappa shape index (κ2) is 8.89. The van der Waals surface area contributed by atoms with Crippen LogP contribution < -0.4 is 15.2 Å². The van der Waals surface area contributed by atoms with Crippen molar-refractivity contribution in [2.24, 2.45) is 7.05 Å². The van der Waals surface area contributed by atoms with Crippen molar-refractivity contribution >= 4 is 43.2 Å². The van der Waals surface area contributed by atoms with Gasteiger partial charge in [-0.1, -0.05) is 24.3 Å². The van der Waals surface area contributed by atoms with Gasteiger partial charge in [-0.3, -0.25) is 4.79 Å². The normalized spacial score (nSPS) is 11.1. The van der Waals surface area contributed by atoms with Gasteiger partial charge in [0.15, 0.2) is 0 Å². The minimum absolute atomic E-state index is 0.0421. The van der Waals surface area contributed by atoms with E-state index in [0.717, 1.165) is 50.6 Å². The first-order chi connectivity index (χ1) is 15.0. The lowest BCUT2D eigenvalue weighted by atomic mass is 10.1. The van der Waals surface area contributed by atoms with Gasteiger partial charge in [-0.05, 0) is 71.2 Å². The van der Waals surface area contributed by atoms with Gasteiger partial charge < -0.3 is 14.2 Å². The van der Waals surface area contributed by atoms with Crippen LogP contribution in [0.1, 0.15) is 13.8 Å². The molecule has 0 bridgehead atoms. The first kappa shape index (κ1) is 21.7. The number of benzene rings is 2. The molecule has 0 radical (unpaired) electrons.